The van der Waals surface area contributed by atoms with Crippen LogP contribution in [0.5, 0.6) is 0 Å². The average molecular weight is 164 g/mol. The molecule has 5 heteroatoms. The molecule has 0 amide bonds. The number of nitrogens with one attached hydrogen (secondary N) is 1. The third-order valence-electron chi connectivity index (χ3n) is 0.790. The van der Waals surface area contributed by atoms with Crippen molar-refractivity contribution >= 4 is 16.9 Å². The van der Waals surface area contributed by atoms with E-state index in [-0.39, 0.29) is 5.17 Å². The zero-order chi connectivity index (χ0) is 7.98. The summed E-state index contributed by atoms with van der Waals surface area (Å²) in [4.78, 5) is 0. The second-order valence-electron chi connectivity index (χ2n) is 1.78. The van der Waals surface area contributed by atoms with Gasteiger partial charge in [0.25, 0.3) is 0 Å². The average Bonchev–Trinajstić information content (AvgIpc) is 1.85. The molecule has 4 N–H and O–H groups in total. The van der Waals surface area contributed by atoms with E-state index >= 15 is 0 Å². The second-order valence-corrected chi connectivity index (χ2v) is 2.85. The van der Waals surface area contributed by atoms with Crippen LogP contribution in [0.15, 0.2) is 0 Å². The summed E-state index contributed by atoms with van der Waals surface area (Å²) in [5, 5.41) is 15.8. The van der Waals surface area contributed by atoms with Crippen LogP contribution in [0.2, 0.25) is 0 Å². The number of methoxy groups -OCH3 is 1. The van der Waals surface area contributed by atoms with Crippen molar-refractivity contribution < 1.29 is 9.84 Å². The number of hydrogen-bond acceptors (Lipinski definition) is 4. The fourth-order valence-corrected chi connectivity index (χ4v) is 0.895. The molecule has 0 aliphatic carbocycles. The first-order valence-electron chi connectivity index (χ1n) is 2.80. The van der Waals surface area contributed by atoms with Crippen molar-refractivity contribution in [1.29, 1.82) is 5.41 Å². The molecule has 4 nitrogen and oxygen atoms in total. The number of nitrogens with two attached hydrogens (primary N) is 1. The Hall–Kier alpha value is -0.260. The fraction of sp³-hybridized carbons (Fsp3) is 0.800. The van der Waals surface area contributed by atoms with Gasteiger partial charge in [-0.3, -0.25) is 5.41 Å². The lowest BCUT2D eigenvalue weighted by Gasteiger charge is -2.06. The van der Waals surface area contributed by atoms with Gasteiger partial charge in [-0.25, -0.2) is 0 Å². The van der Waals surface area contributed by atoms with Crippen molar-refractivity contribution in [2.24, 2.45) is 5.73 Å². The highest BCUT2D eigenvalue weighted by Crippen LogP contribution is 2.00. The molecule has 0 radical (unpaired) electrons. The Labute approximate surface area is 64.3 Å². The summed E-state index contributed by atoms with van der Waals surface area (Å²) >= 11 is 1.11. The van der Waals surface area contributed by atoms with E-state index in [2.05, 4.69) is 4.74 Å². The van der Waals surface area contributed by atoms with Crippen LogP contribution in [-0.4, -0.2) is 35.8 Å². The van der Waals surface area contributed by atoms with Crippen molar-refractivity contribution in [2.75, 3.05) is 19.5 Å². The van der Waals surface area contributed by atoms with E-state index in [9.17, 15) is 0 Å². The normalized spacial score (nSPS) is 13.0. The summed E-state index contributed by atoms with van der Waals surface area (Å²) in [6.07, 6.45) is -0.529. The topological polar surface area (TPSA) is 79.3 Å². The number of aliphatic hydroxyl groups excluding tert-OH is 1. The lowest BCUT2D eigenvalue weighted by Crippen LogP contribution is -2.19. The molecule has 1 atom stereocenters. The van der Waals surface area contributed by atoms with Crippen LogP contribution >= 0.6 is 11.8 Å². The van der Waals surface area contributed by atoms with Crippen LogP contribution in [0, 0.1) is 5.41 Å². The van der Waals surface area contributed by atoms with E-state index in [1.165, 1.54) is 7.11 Å². The lowest BCUT2D eigenvalue weighted by atomic mass is 10.4. The standard InChI is InChI=1S/C5H12N2O2S/c1-9-2-4(8)3-10-5(6)7/h4,8H,2-3H2,1H3,(H3,6,7)/t4-/m1/s1. The van der Waals surface area contributed by atoms with Gasteiger partial charge in [0, 0.05) is 12.9 Å². The number of rotatable bonds is 4. The SMILES string of the molecule is COC[C@@H](O)CSC(=N)N. The van der Waals surface area contributed by atoms with E-state index in [1.54, 1.807) is 0 Å². The maximum atomic E-state index is 9.00. The minimum atomic E-state index is -0.529. The molecule has 0 saturated heterocycles. The van der Waals surface area contributed by atoms with Crippen LogP contribution in [0.25, 0.3) is 0 Å². The summed E-state index contributed by atoms with van der Waals surface area (Å²) in [6, 6.07) is 0. The highest BCUT2D eigenvalue weighted by molar-refractivity contribution is 8.13. The summed E-state index contributed by atoms with van der Waals surface area (Å²) in [6.45, 7) is 0.292. The summed E-state index contributed by atoms with van der Waals surface area (Å²) in [5.41, 5.74) is 5.03. The minimum absolute atomic E-state index is 0.0233. The van der Waals surface area contributed by atoms with Crippen molar-refractivity contribution in [1.82, 2.24) is 0 Å². The Kier molecular flexibility index (Phi) is 5.38. The summed E-state index contributed by atoms with van der Waals surface area (Å²) < 4.78 is 4.66. The van der Waals surface area contributed by atoms with Crippen molar-refractivity contribution in [3.63, 3.8) is 0 Å². The molecule has 0 aliphatic rings. The van der Waals surface area contributed by atoms with E-state index < -0.39 is 6.10 Å². The molecule has 0 heterocycles. The first-order valence-corrected chi connectivity index (χ1v) is 3.79. The van der Waals surface area contributed by atoms with E-state index in [0.717, 1.165) is 11.8 Å². The van der Waals surface area contributed by atoms with Crippen LogP contribution < -0.4 is 5.73 Å². The predicted octanol–water partition coefficient (Wildman–Crippen LogP) is -0.380. The fourth-order valence-electron chi connectivity index (χ4n) is 0.426. The van der Waals surface area contributed by atoms with E-state index in [4.69, 9.17) is 16.2 Å². The monoisotopic (exact) mass is 164 g/mol. The molecule has 0 aromatic heterocycles. The third kappa shape index (κ3) is 5.87. The second kappa shape index (κ2) is 5.52. The van der Waals surface area contributed by atoms with Gasteiger partial charge in [-0.15, -0.1) is 0 Å². The van der Waals surface area contributed by atoms with Crippen molar-refractivity contribution in [2.45, 2.75) is 6.10 Å². The molecule has 0 spiro atoms. The molecule has 0 bridgehead atoms. The predicted molar refractivity (Wildman–Crippen MR) is 42.3 cm³/mol. The van der Waals surface area contributed by atoms with Gasteiger partial charge in [-0.05, 0) is 0 Å². The Morgan fingerprint density at radius 2 is 2.50 bits per heavy atom. The quantitative estimate of drug-likeness (QED) is 0.391. The number of ether oxygens (including phenoxy) is 1. The number of thioether (sulfide) groups is 1. The third-order valence-corrected chi connectivity index (χ3v) is 1.65. The van der Waals surface area contributed by atoms with Gasteiger partial charge < -0.3 is 15.6 Å². The zero-order valence-electron chi connectivity index (χ0n) is 5.83. The van der Waals surface area contributed by atoms with Crippen LogP contribution in [0.1, 0.15) is 0 Å². The smallest absolute Gasteiger partial charge is 0.151 e. The first kappa shape index (κ1) is 9.74. The highest BCUT2D eigenvalue weighted by atomic mass is 32.2. The van der Waals surface area contributed by atoms with Gasteiger partial charge >= 0.3 is 0 Å². The first-order chi connectivity index (χ1) is 4.66. The Morgan fingerprint density at radius 3 is 2.90 bits per heavy atom. The van der Waals surface area contributed by atoms with Gasteiger partial charge in [-0.2, -0.15) is 0 Å². The van der Waals surface area contributed by atoms with Crippen LogP contribution in [0.4, 0.5) is 0 Å². The van der Waals surface area contributed by atoms with Gasteiger partial charge in [-0.1, -0.05) is 11.8 Å². The summed E-state index contributed by atoms with van der Waals surface area (Å²) in [7, 11) is 1.52. The highest BCUT2D eigenvalue weighted by Gasteiger charge is 2.03. The largest absolute Gasteiger partial charge is 0.390 e. The maximum absolute atomic E-state index is 9.00. The Bertz CT molecular complexity index is 110. The maximum Gasteiger partial charge on any atom is 0.151 e. The molecule has 10 heavy (non-hydrogen) atoms. The molecule has 0 fully saturated rings. The molecular formula is C5H12N2O2S. The molecule has 0 aromatic rings. The Morgan fingerprint density at radius 1 is 1.90 bits per heavy atom. The molecule has 60 valence electrons. The molecule has 0 saturated carbocycles. The molecule has 0 aromatic carbocycles. The van der Waals surface area contributed by atoms with Gasteiger partial charge in [0.1, 0.15) is 0 Å². The molecule has 0 rings (SSSR count). The number of hydrogen-bond donors (Lipinski definition) is 3. The van der Waals surface area contributed by atoms with Gasteiger partial charge in [0.15, 0.2) is 5.17 Å². The molecule has 0 aliphatic heterocycles. The number of aliphatic hydroxyl groups is 1. The summed E-state index contributed by atoms with van der Waals surface area (Å²) in [5.74, 6) is 0.420. The van der Waals surface area contributed by atoms with E-state index in [0.29, 0.717) is 12.4 Å². The van der Waals surface area contributed by atoms with Gasteiger partial charge in [0.05, 0.1) is 12.7 Å². The van der Waals surface area contributed by atoms with Crippen molar-refractivity contribution in [3.05, 3.63) is 0 Å². The van der Waals surface area contributed by atoms with Crippen LogP contribution in [-0.2, 0) is 4.74 Å². The Balaban J connectivity index is 3.21. The number of amidine groups is 1. The van der Waals surface area contributed by atoms with Crippen molar-refractivity contribution in [3.8, 4) is 0 Å². The van der Waals surface area contributed by atoms with Crippen LogP contribution in [0.3, 0.4) is 0 Å². The zero-order valence-corrected chi connectivity index (χ0v) is 6.65. The van der Waals surface area contributed by atoms with E-state index in [1.807, 2.05) is 0 Å². The lowest BCUT2D eigenvalue weighted by molar-refractivity contribution is 0.0795. The van der Waals surface area contributed by atoms with Gasteiger partial charge in [0.2, 0.25) is 0 Å². The minimum Gasteiger partial charge on any atom is -0.390 e. The molecular weight excluding hydrogens is 152 g/mol. The molecule has 0 unspecified atom stereocenters.